The average Bonchev–Trinajstić information content (AvgIpc) is 2.73. The quantitative estimate of drug-likeness (QED) is 0.396. The van der Waals surface area contributed by atoms with Crippen molar-refractivity contribution in [3.63, 3.8) is 0 Å². The van der Waals surface area contributed by atoms with Crippen LogP contribution in [0.3, 0.4) is 0 Å². The molecule has 0 aromatic carbocycles. The molecule has 122 valence electrons. The number of hydrogen-bond donors (Lipinski definition) is 4. The van der Waals surface area contributed by atoms with E-state index in [4.69, 9.17) is 20.4 Å². The van der Waals surface area contributed by atoms with Gasteiger partial charge in [-0.1, -0.05) is 12.8 Å². The van der Waals surface area contributed by atoms with Crippen molar-refractivity contribution < 1.29 is 34.8 Å². The van der Waals surface area contributed by atoms with Crippen LogP contribution in [0.15, 0.2) is 0 Å². The fourth-order valence-electron chi connectivity index (χ4n) is 2.53. The molecular weight excluding hydrogens is 280 g/mol. The van der Waals surface area contributed by atoms with E-state index in [9.17, 15) is 9.59 Å². The number of fused-ring (bicyclic) bond motifs is 1. The van der Waals surface area contributed by atoms with Crippen molar-refractivity contribution in [3.8, 4) is 0 Å². The van der Waals surface area contributed by atoms with Gasteiger partial charge < -0.3 is 25.2 Å². The molecule has 1 saturated carbocycles. The van der Waals surface area contributed by atoms with Gasteiger partial charge in [0, 0.05) is 0 Å². The van der Waals surface area contributed by atoms with Crippen molar-refractivity contribution in [2.24, 2.45) is 16.7 Å². The molecule has 0 bridgehead atoms. The highest BCUT2D eigenvalue weighted by Crippen LogP contribution is 2.46. The average molecular weight is 304 g/mol. The number of hydrogen-bond acceptors (Lipinski definition) is 7. The van der Waals surface area contributed by atoms with Gasteiger partial charge in [0.05, 0.1) is 43.2 Å². The van der Waals surface area contributed by atoms with Gasteiger partial charge in [-0.2, -0.15) is 0 Å². The van der Waals surface area contributed by atoms with E-state index in [2.05, 4.69) is 4.74 Å². The molecular formula is C14H24O7. The molecule has 1 saturated heterocycles. The summed E-state index contributed by atoms with van der Waals surface area (Å²) in [6.45, 7) is 0.226. The molecule has 2 unspecified atom stereocenters. The van der Waals surface area contributed by atoms with Gasteiger partial charge in [-0.15, -0.1) is 0 Å². The van der Waals surface area contributed by atoms with E-state index in [0.29, 0.717) is 0 Å². The first-order chi connectivity index (χ1) is 9.89. The Labute approximate surface area is 123 Å². The number of cyclic esters (lactones) is 2. The smallest absolute Gasteiger partial charge is 0.320 e. The highest BCUT2D eigenvalue weighted by Gasteiger charge is 2.54. The van der Waals surface area contributed by atoms with Crippen LogP contribution in [0, 0.1) is 16.7 Å². The normalized spacial score (nSPS) is 28.5. The number of rotatable bonds is 4. The largest absolute Gasteiger partial charge is 0.396 e. The van der Waals surface area contributed by atoms with Crippen LogP contribution in [-0.2, 0) is 14.3 Å². The van der Waals surface area contributed by atoms with Crippen LogP contribution in [0.2, 0.25) is 0 Å². The van der Waals surface area contributed by atoms with Gasteiger partial charge in [0.2, 0.25) is 0 Å². The van der Waals surface area contributed by atoms with Gasteiger partial charge in [0.1, 0.15) is 0 Å². The van der Waals surface area contributed by atoms with Gasteiger partial charge in [-0.3, -0.25) is 9.59 Å². The number of esters is 2. The molecule has 0 aromatic rings. The maximum absolute atomic E-state index is 11.3. The predicted octanol–water partition coefficient (Wildman–Crippen LogP) is -0.792. The van der Waals surface area contributed by atoms with Crippen LogP contribution in [0.1, 0.15) is 32.6 Å². The summed E-state index contributed by atoms with van der Waals surface area (Å²) >= 11 is 0. The third-order valence-corrected chi connectivity index (χ3v) is 4.49. The van der Waals surface area contributed by atoms with Gasteiger partial charge >= 0.3 is 11.9 Å². The molecule has 1 aliphatic heterocycles. The number of aliphatic hydroxyl groups is 4. The van der Waals surface area contributed by atoms with Crippen LogP contribution in [0.5, 0.6) is 0 Å². The Bertz CT molecular complexity index is 360. The summed E-state index contributed by atoms with van der Waals surface area (Å²) in [7, 11) is 0. The molecule has 1 heterocycles. The lowest BCUT2D eigenvalue weighted by molar-refractivity contribution is -0.155. The maximum Gasteiger partial charge on any atom is 0.320 e. The number of carbonyl (C=O) groups excluding carboxylic acids is 2. The Kier molecular flexibility index (Phi) is 6.27. The zero-order valence-electron chi connectivity index (χ0n) is 12.2. The Morgan fingerprint density at radius 3 is 2.00 bits per heavy atom. The second-order valence-electron chi connectivity index (χ2n) is 6.06. The van der Waals surface area contributed by atoms with E-state index < -0.39 is 37.3 Å². The molecule has 2 aliphatic rings. The summed E-state index contributed by atoms with van der Waals surface area (Å²) in [4.78, 5) is 22.5. The highest BCUT2D eigenvalue weighted by atomic mass is 16.6. The SMILES string of the molecule is CC12CCCCC1C(=O)OC2=O.OCC(CO)(CO)CO. The standard InChI is InChI=1S/C9H12O3.C5H12O4/c1-9-5-3-2-4-6(9)7(10)12-8(9)11;6-1-5(2-7,3-8)4-9/h6H,2-5H2,1H3;6-9H,1-4H2. The minimum Gasteiger partial charge on any atom is -0.396 e. The highest BCUT2D eigenvalue weighted by molar-refractivity contribution is 5.99. The third kappa shape index (κ3) is 3.60. The predicted molar refractivity (Wildman–Crippen MR) is 71.9 cm³/mol. The van der Waals surface area contributed by atoms with Crippen molar-refractivity contribution in [2.75, 3.05) is 26.4 Å². The van der Waals surface area contributed by atoms with Gasteiger partial charge in [0.15, 0.2) is 0 Å². The molecule has 0 aromatic heterocycles. The summed E-state index contributed by atoms with van der Waals surface area (Å²) in [5.74, 6) is -0.766. The van der Waals surface area contributed by atoms with E-state index >= 15 is 0 Å². The molecule has 1 aliphatic carbocycles. The lowest BCUT2D eigenvalue weighted by Gasteiger charge is -2.29. The topological polar surface area (TPSA) is 124 Å². The van der Waals surface area contributed by atoms with E-state index in [0.717, 1.165) is 25.7 Å². The zero-order valence-corrected chi connectivity index (χ0v) is 12.2. The van der Waals surface area contributed by atoms with Crippen molar-refractivity contribution in [2.45, 2.75) is 32.6 Å². The molecule has 0 amide bonds. The van der Waals surface area contributed by atoms with Crippen molar-refractivity contribution >= 4 is 11.9 Å². The van der Waals surface area contributed by atoms with Crippen molar-refractivity contribution in [1.82, 2.24) is 0 Å². The van der Waals surface area contributed by atoms with Crippen LogP contribution < -0.4 is 0 Å². The second-order valence-corrected chi connectivity index (χ2v) is 6.06. The molecule has 7 nitrogen and oxygen atoms in total. The summed E-state index contributed by atoms with van der Waals surface area (Å²) in [6, 6.07) is 0. The summed E-state index contributed by atoms with van der Waals surface area (Å²) in [5, 5.41) is 34.0. The fourth-order valence-corrected chi connectivity index (χ4v) is 2.53. The fraction of sp³-hybridized carbons (Fsp3) is 0.857. The number of ether oxygens (including phenoxy) is 1. The molecule has 7 heteroatoms. The third-order valence-electron chi connectivity index (χ3n) is 4.49. The monoisotopic (exact) mass is 304 g/mol. The molecule has 2 fully saturated rings. The summed E-state index contributed by atoms with van der Waals surface area (Å²) in [6.07, 6.45) is 3.71. The van der Waals surface area contributed by atoms with Gasteiger partial charge in [-0.05, 0) is 19.8 Å². The minimum atomic E-state index is -1.11. The van der Waals surface area contributed by atoms with Crippen molar-refractivity contribution in [1.29, 1.82) is 0 Å². The maximum atomic E-state index is 11.3. The Morgan fingerprint density at radius 2 is 1.62 bits per heavy atom. The molecule has 0 spiro atoms. The van der Waals surface area contributed by atoms with Crippen LogP contribution in [0.4, 0.5) is 0 Å². The molecule has 2 atom stereocenters. The van der Waals surface area contributed by atoms with Crippen LogP contribution >= 0.6 is 0 Å². The Balaban J connectivity index is 0.000000222. The van der Waals surface area contributed by atoms with Crippen molar-refractivity contribution in [3.05, 3.63) is 0 Å². The second kappa shape index (κ2) is 7.31. The Hall–Kier alpha value is -1.02. The first-order valence-corrected chi connectivity index (χ1v) is 7.08. The summed E-state index contributed by atoms with van der Waals surface area (Å²) < 4.78 is 4.63. The molecule has 21 heavy (non-hydrogen) atoms. The first kappa shape index (κ1) is 18.0. The Morgan fingerprint density at radius 1 is 1.10 bits per heavy atom. The molecule has 4 N–H and O–H groups in total. The van der Waals surface area contributed by atoms with Gasteiger partial charge in [0.25, 0.3) is 0 Å². The molecule has 0 radical (unpaired) electrons. The summed E-state index contributed by atoms with van der Waals surface area (Å²) in [5.41, 5.74) is -1.60. The van der Waals surface area contributed by atoms with E-state index in [1.54, 1.807) is 0 Å². The zero-order chi connectivity index (χ0) is 16.1. The van der Waals surface area contributed by atoms with E-state index in [1.165, 1.54) is 0 Å². The lowest BCUT2D eigenvalue weighted by Crippen LogP contribution is -2.37. The van der Waals surface area contributed by atoms with Gasteiger partial charge in [-0.25, -0.2) is 0 Å². The lowest BCUT2D eigenvalue weighted by atomic mass is 9.69. The van der Waals surface area contributed by atoms with Crippen LogP contribution in [-0.4, -0.2) is 58.8 Å². The number of aliphatic hydroxyl groups excluding tert-OH is 4. The minimum absolute atomic E-state index is 0.154. The molecule has 2 rings (SSSR count). The van der Waals surface area contributed by atoms with E-state index in [1.807, 2.05) is 6.92 Å². The van der Waals surface area contributed by atoms with E-state index in [-0.39, 0.29) is 17.9 Å². The van der Waals surface area contributed by atoms with Crippen LogP contribution in [0.25, 0.3) is 0 Å². The first-order valence-electron chi connectivity index (χ1n) is 7.08. The number of carbonyl (C=O) groups is 2.